The lowest BCUT2D eigenvalue weighted by Gasteiger charge is -2.12. The molecule has 0 radical (unpaired) electrons. The molecule has 162 valence electrons. The van der Waals surface area contributed by atoms with Gasteiger partial charge in [0, 0.05) is 12.1 Å². The predicted octanol–water partition coefficient (Wildman–Crippen LogP) is 4.36. The average molecular weight is 443 g/mol. The Morgan fingerprint density at radius 3 is 2.61 bits per heavy atom. The molecule has 1 fully saturated rings. The van der Waals surface area contributed by atoms with Gasteiger partial charge in [-0.3, -0.25) is 19.3 Å². The highest BCUT2D eigenvalue weighted by Gasteiger charge is 2.36. The number of imide groups is 1. The van der Waals surface area contributed by atoms with Crippen LogP contribution in [-0.4, -0.2) is 35.0 Å². The molecule has 3 amide bonds. The van der Waals surface area contributed by atoms with Crippen LogP contribution in [0.2, 0.25) is 0 Å². The molecule has 1 saturated heterocycles. The normalized spacial score (nSPS) is 14.9. The van der Waals surface area contributed by atoms with Crippen LogP contribution in [0.15, 0.2) is 53.4 Å². The Balaban J connectivity index is 1.58. The molecular weight excluding hydrogens is 419 g/mol. The van der Waals surface area contributed by atoms with Crippen LogP contribution in [0.3, 0.4) is 0 Å². The molecule has 31 heavy (non-hydrogen) atoms. The molecule has 1 aliphatic heterocycles. The maximum absolute atomic E-state index is 13.7. The summed E-state index contributed by atoms with van der Waals surface area (Å²) in [6.45, 7) is 2.35. The van der Waals surface area contributed by atoms with Gasteiger partial charge in [0.2, 0.25) is 5.91 Å². The van der Waals surface area contributed by atoms with Gasteiger partial charge in [0.05, 0.1) is 4.91 Å². The third-order valence-electron chi connectivity index (χ3n) is 4.56. The summed E-state index contributed by atoms with van der Waals surface area (Å²) in [6.07, 6.45) is 3.38. The standard InChI is InChI=1S/C23H23FN2O4S/c1-2-3-12-25-21(27)14-26-22(28)20(31-23(26)29)13-16-8-10-18(11-9-16)30-15-17-6-4-5-7-19(17)24/h4-11,13H,2-3,12,14-15H2,1H3,(H,25,27)/b20-13-. The second-order valence-electron chi connectivity index (χ2n) is 6.92. The number of nitrogens with one attached hydrogen (secondary N) is 1. The average Bonchev–Trinajstić information content (AvgIpc) is 3.02. The number of amides is 3. The lowest BCUT2D eigenvalue weighted by atomic mass is 10.2. The van der Waals surface area contributed by atoms with Gasteiger partial charge in [-0.2, -0.15) is 0 Å². The summed E-state index contributed by atoms with van der Waals surface area (Å²) in [5, 5.41) is 2.23. The number of ether oxygens (including phenoxy) is 1. The highest BCUT2D eigenvalue weighted by molar-refractivity contribution is 8.18. The van der Waals surface area contributed by atoms with Gasteiger partial charge in [-0.05, 0) is 48.0 Å². The molecule has 0 atom stereocenters. The Morgan fingerprint density at radius 2 is 1.90 bits per heavy atom. The summed E-state index contributed by atoms with van der Waals surface area (Å²) >= 11 is 0.806. The summed E-state index contributed by atoms with van der Waals surface area (Å²) in [4.78, 5) is 37.8. The lowest BCUT2D eigenvalue weighted by molar-refractivity contribution is -0.129. The molecule has 0 unspecified atom stereocenters. The monoisotopic (exact) mass is 442 g/mol. The van der Waals surface area contributed by atoms with E-state index in [0.29, 0.717) is 23.4 Å². The third kappa shape index (κ3) is 6.18. The van der Waals surface area contributed by atoms with Crippen molar-refractivity contribution in [1.29, 1.82) is 0 Å². The van der Waals surface area contributed by atoms with Crippen LogP contribution >= 0.6 is 11.8 Å². The van der Waals surface area contributed by atoms with Crippen molar-refractivity contribution in [3.05, 3.63) is 70.4 Å². The van der Waals surface area contributed by atoms with Gasteiger partial charge >= 0.3 is 0 Å². The summed E-state index contributed by atoms with van der Waals surface area (Å²) in [6, 6.07) is 13.3. The largest absolute Gasteiger partial charge is 0.489 e. The quantitative estimate of drug-likeness (QED) is 0.461. The van der Waals surface area contributed by atoms with E-state index in [1.165, 1.54) is 6.07 Å². The fourth-order valence-corrected chi connectivity index (χ4v) is 3.67. The summed E-state index contributed by atoms with van der Waals surface area (Å²) < 4.78 is 19.3. The highest BCUT2D eigenvalue weighted by atomic mass is 32.2. The number of benzene rings is 2. The van der Waals surface area contributed by atoms with E-state index in [0.717, 1.165) is 29.5 Å². The van der Waals surface area contributed by atoms with Gasteiger partial charge in [-0.15, -0.1) is 0 Å². The van der Waals surface area contributed by atoms with Crippen molar-refractivity contribution < 1.29 is 23.5 Å². The minimum absolute atomic E-state index is 0.102. The number of hydrogen-bond donors (Lipinski definition) is 1. The van der Waals surface area contributed by atoms with E-state index < -0.39 is 11.1 Å². The number of hydrogen-bond acceptors (Lipinski definition) is 5. The highest BCUT2D eigenvalue weighted by Crippen LogP contribution is 2.32. The molecule has 0 bridgehead atoms. The Bertz CT molecular complexity index is 991. The molecule has 6 nitrogen and oxygen atoms in total. The van der Waals surface area contributed by atoms with Crippen molar-refractivity contribution in [1.82, 2.24) is 10.2 Å². The van der Waals surface area contributed by atoms with Crippen molar-refractivity contribution in [3.8, 4) is 5.75 Å². The van der Waals surface area contributed by atoms with Crippen molar-refractivity contribution in [2.45, 2.75) is 26.4 Å². The maximum Gasteiger partial charge on any atom is 0.294 e. The zero-order chi connectivity index (χ0) is 22.2. The fraction of sp³-hybridized carbons (Fsp3) is 0.261. The molecule has 0 saturated carbocycles. The molecule has 0 aliphatic carbocycles. The van der Waals surface area contributed by atoms with Gasteiger partial charge < -0.3 is 10.1 Å². The number of thioether (sulfide) groups is 1. The molecule has 0 spiro atoms. The van der Waals surface area contributed by atoms with Crippen molar-refractivity contribution in [2.75, 3.05) is 13.1 Å². The first-order valence-electron chi connectivity index (χ1n) is 9.96. The first-order chi connectivity index (χ1) is 15.0. The molecular formula is C23H23FN2O4S. The Hall–Kier alpha value is -3.13. The second-order valence-corrected chi connectivity index (χ2v) is 7.91. The van der Waals surface area contributed by atoms with Crippen LogP contribution in [0, 0.1) is 5.82 Å². The van der Waals surface area contributed by atoms with E-state index in [1.807, 2.05) is 6.92 Å². The van der Waals surface area contributed by atoms with Crippen LogP contribution < -0.4 is 10.1 Å². The maximum atomic E-state index is 13.7. The predicted molar refractivity (Wildman–Crippen MR) is 118 cm³/mol. The van der Waals surface area contributed by atoms with Gasteiger partial charge in [-0.25, -0.2) is 4.39 Å². The Kier molecular flexibility index (Phi) is 7.83. The minimum atomic E-state index is -0.486. The summed E-state index contributed by atoms with van der Waals surface area (Å²) in [5.74, 6) is -0.611. The number of carbonyl (C=O) groups is 3. The number of halogens is 1. The molecule has 3 rings (SSSR count). The van der Waals surface area contributed by atoms with Crippen molar-refractivity contribution in [2.24, 2.45) is 0 Å². The summed E-state index contributed by atoms with van der Waals surface area (Å²) in [7, 11) is 0. The van der Waals surface area contributed by atoms with Gasteiger partial charge in [0.1, 0.15) is 24.7 Å². The van der Waals surface area contributed by atoms with Gasteiger partial charge in [-0.1, -0.05) is 43.7 Å². The van der Waals surface area contributed by atoms with E-state index in [4.69, 9.17) is 4.74 Å². The van der Waals surface area contributed by atoms with E-state index in [9.17, 15) is 18.8 Å². The second kappa shape index (κ2) is 10.8. The number of carbonyl (C=O) groups excluding carboxylic acids is 3. The van der Waals surface area contributed by atoms with Crippen molar-refractivity contribution >= 4 is 34.9 Å². The first kappa shape index (κ1) is 22.6. The van der Waals surface area contributed by atoms with Crippen LogP contribution in [0.4, 0.5) is 9.18 Å². The van der Waals surface area contributed by atoms with Crippen LogP contribution in [0.5, 0.6) is 5.75 Å². The first-order valence-corrected chi connectivity index (χ1v) is 10.8. The smallest absolute Gasteiger partial charge is 0.294 e. The topological polar surface area (TPSA) is 75.7 Å². The fourth-order valence-electron chi connectivity index (χ4n) is 2.83. The van der Waals surface area contributed by atoms with E-state index >= 15 is 0 Å². The van der Waals surface area contributed by atoms with Crippen LogP contribution in [0.25, 0.3) is 6.08 Å². The van der Waals surface area contributed by atoms with Crippen LogP contribution in [0.1, 0.15) is 30.9 Å². The molecule has 1 aliphatic rings. The minimum Gasteiger partial charge on any atom is -0.489 e. The molecule has 8 heteroatoms. The zero-order valence-corrected chi connectivity index (χ0v) is 17.9. The number of rotatable bonds is 9. The third-order valence-corrected chi connectivity index (χ3v) is 5.47. The Morgan fingerprint density at radius 1 is 1.16 bits per heavy atom. The van der Waals surface area contributed by atoms with E-state index in [1.54, 1.807) is 48.5 Å². The van der Waals surface area contributed by atoms with Gasteiger partial charge in [0.15, 0.2) is 0 Å². The number of nitrogens with zero attached hydrogens (tertiary/aromatic N) is 1. The van der Waals surface area contributed by atoms with Crippen molar-refractivity contribution in [3.63, 3.8) is 0 Å². The van der Waals surface area contributed by atoms with E-state index in [2.05, 4.69) is 5.32 Å². The molecule has 1 N–H and O–H groups in total. The van der Waals surface area contributed by atoms with Gasteiger partial charge in [0.25, 0.3) is 11.1 Å². The zero-order valence-electron chi connectivity index (χ0n) is 17.1. The van der Waals surface area contributed by atoms with E-state index in [-0.39, 0.29) is 29.8 Å². The number of unbranched alkanes of at least 4 members (excludes halogenated alkanes) is 1. The molecule has 1 heterocycles. The Labute approximate surface area is 184 Å². The molecule has 2 aromatic rings. The lowest BCUT2D eigenvalue weighted by Crippen LogP contribution is -2.39. The van der Waals surface area contributed by atoms with Crippen LogP contribution in [-0.2, 0) is 16.2 Å². The SMILES string of the molecule is CCCCNC(=O)CN1C(=O)S/C(=C\c2ccc(OCc3ccccc3F)cc2)C1=O. The summed E-state index contributed by atoms with van der Waals surface area (Å²) in [5.41, 5.74) is 1.16. The molecule has 0 aromatic heterocycles. The molecule has 2 aromatic carbocycles.